The van der Waals surface area contributed by atoms with Crippen molar-refractivity contribution >= 4 is 21.8 Å². The van der Waals surface area contributed by atoms with Gasteiger partial charge in [-0.1, -0.05) is 120 Å². The molecule has 0 fully saturated rings. The van der Waals surface area contributed by atoms with E-state index >= 15 is 0 Å². The van der Waals surface area contributed by atoms with Crippen LogP contribution in [0.15, 0.2) is 127 Å². The van der Waals surface area contributed by atoms with Crippen LogP contribution in [0, 0.1) is 22.7 Å². The highest BCUT2D eigenvalue weighted by molar-refractivity contribution is 6.11. The maximum atomic E-state index is 9.89. The summed E-state index contributed by atoms with van der Waals surface area (Å²) in [5.74, 6) is 0. The fraction of sp³-hybridized carbons (Fsp3) is 0.174. The summed E-state index contributed by atoms with van der Waals surface area (Å²) < 4.78 is 2.46. The largest absolute Gasteiger partial charge is 0.308 e. The lowest BCUT2D eigenvalue weighted by atomic mass is 9.85. The van der Waals surface area contributed by atoms with Gasteiger partial charge in [-0.25, -0.2) is 0 Å². The molecule has 0 aliphatic heterocycles. The minimum absolute atomic E-state index is 0.000326. The van der Waals surface area contributed by atoms with E-state index in [0.29, 0.717) is 11.1 Å². The fourth-order valence-corrected chi connectivity index (χ4v) is 6.83. The van der Waals surface area contributed by atoms with E-state index in [4.69, 9.17) is 0 Å². The molecule has 1 heterocycles. The molecule has 7 rings (SSSR count). The van der Waals surface area contributed by atoms with Gasteiger partial charge in [0.1, 0.15) is 12.1 Å². The Labute approximate surface area is 289 Å². The van der Waals surface area contributed by atoms with Crippen LogP contribution in [0.25, 0.3) is 60.9 Å². The smallest absolute Gasteiger partial charge is 0.101 e. The number of rotatable bonds is 4. The number of aromatic nitrogens is 1. The SMILES string of the molecule is CC(C)(C)c1ccc2c(c1)c1cc(C(C)(C)C)ccc1n2-c1c(-c2ccccc2)cc(-c2ccc(C#N)c(C#N)c2)cc1-c1ccccc1. The zero-order valence-corrected chi connectivity index (χ0v) is 29.0. The first-order valence-corrected chi connectivity index (χ1v) is 16.8. The van der Waals surface area contributed by atoms with Crippen LogP contribution in [0.4, 0.5) is 0 Å². The highest BCUT2D eigenvalue weighted by Gasteiger charge is 2.24. The molecular weight excluding hydrogens is 595 g/mol. The predicted molar refractivity (Wildman–Crippen MR) is 204 cm³/mol. The summed E-state index contributed by atoms with van der Waals surface area (Å²) in [7, 11) is 0. The lowest BCUT2D eigenvalue weighted by Gasteiger charge is -2.22. The van der Waals surface area contributed by atoms with Gasteiger partial charge in [0.2, 0.25) is 0 Å². The van der Waals surface area contributed by atoms with Crippen molar-refractivity contribution in [3.8, 4) is 51.2 Å². The van der Waals surface area contributed by atoms with Crippen molar-refractivity contribution < 1.29 is 0 Å². The molecule has 0 saturated heterocycles. The number of hydrogen-bond acceptors (Lipinski definition) is 2. The molecule has 0 saturated carbocycles. The summed E-state index contributed by atoms with van der Waals surface area (Å²) in [5, 5.41) is 22.0. The van der Waals surface area contributed by atoms with E-state index in [9.17, 15) is 10.5 Å². The molecule has 0 atom stereocenters. The van der Waals surface area contributed by atoms with Crippen LogP contribution in [0.2, 0.25) is 0 Å². The molecule has 0 spiro atoms. The van der Waals surface area contributed by atoms with Gasteiger partial charge in [0.25, 0.3) is 0 Å². The zero-order valence-electron chi connectivity index (χ0n) is 29.0. The maximum absolute atomic E-state index is 9.89. The van der Waals surface area contributed by atoms with Gasteiger partial charge in [-0.15, -0.1) is 0 Å². The molecule has 6 aromatic carbocycles. The minimum atomic E-state index is -0.000326. The molecule has 0 amide bonds. The normalized spacial score (nSPS) is 11.8. The first-order chi connectivity index (χ1) is 23.5. The second-order valence-electron chi connectivity index (χ2n) is 14.9. The van der Waals surface area contributed by atoms with Gasteiger partial charge in [0.15, 0.2) is 0 Å². The molecular formula is C46H39N3. The van der Waals surface area contributed by atoms with Crippen LogP contribution in [-0.4, -0.2) is 4.57 Å². The lowest BCUT2D eigenvalue weighted by Crippen LogP contribution is -2.10. The van der Waals surface area contributed by atoms with Crippen molar-refractivity contribution in [1.82, 2.24) is 4.57 Å². The van der Waals surface area contributed by atoms with Gasteiger partial charge in [0, 0.05) is 21.9 Å². The van der Waals surface area contributed by atoms with Crippen molar-refractivity contribution in [3.05, 3.63) is 150 Å². The Morgan fingerprint density at radius 1 is 0.449 bits per heavy atom. The van der Waals surface area contributed by atoms with Crippen molar-refractivity contribution in [2.45, 2.75) is 52.4 Å². The zero-order chi connectivity index (χ0) is 34.5. The van der Waals surface area contributed by atoms with Crippen LogP contribution in [-0.2, 0) is 10.8 Å². The quantitative estimate of drug-likeness (QED) is 0.194. The molecule has 7 aromatic rings. The van der Waals surface area contributed by atoms with E-state index in [1.165, 1.54) is 21.9 Å². The van der Waals surface area contributed by atoms with Gasteiger partial charge in [-0.05, 0) is 92.7 Å². The highest BCUT2D eigenvalue weighted by Crippen LogP contribution is 2.45. The Hall–Kier alpha value is -5.90. The van der Waals surface area contributed by atoms with E-state index in [-0.39, 0.29) is 10.8 Å². The average molecular weight is 634 g/mol. The lowest BCUT2D eigenvalue weighted by molar-refractivity contribution is 0.590. The fourth-order valence-electron chi connectivity index (χ4n) is 6.83. The van der Waals surface area contributed by atoms with E-state index in [1.807, 2.05) is 24.3 Å². The van der Waals surface area contributed by atoms with Gasteiger partial charge in [-0.2, -0.15) is 10.5 Å². The molecule has 1 aromatic heterocycles. The topological polar surface area (TPSA) is 52.5 Å². The summed E-state index contributed by atoms with van der Waals surface area (Å²) in [6, 6.07) is 49.4. The van der Waals surface area contributed by atoms with Crippen LogP contribution in [0.5, 0.6) is 0 Å². The molecule has 49 heavy (non-hydrogen) atoms. The third kappa shape index (κ3) is 5.69. The monoisotopic (exact) mass is 633 g/mol. The van der Waals surface area contributed by atoms with Gasteiger partial charge >= 0.3 is 0 Å². The standard InChI is InChI=1S/C46H39N3/c1-45(2,3)36-19-21-42-40(26-36)41-27-37(46(4,5)6)20-22-43(41)49(42)44-38(30-13-9-7-10-14-30)24-34(25-39(44)31-15-11-8-12-16-31)32-17-18-33(28-47)35(23-32)29-48/h7-27H,1-6H3. The van der Waals surface area contributed by atoms with Gasteiger partial charge in [-0.3, -0.25) is 0 Å². The van der Waals surface area contributed by atoms with Crippen LogP contribution in [0.3, 0.4) is 0 Å². The third-order valence-electron chi connectivity index (χ3n) is 9.59. The summed E-state index contributed by atoms with van der Waals surface area (Å²) in [4.78, 5) is 0. The number of nitrogens with zero attached hydrogens (tertiary/aromatic N) is 3. The van der Waals surface area contributed by atoms with E-state index in [2.05, 4.69) is 155 Å². The number of fused-ring (bicyclic) bond motifs is 3. The van der Waals surface area contributed by atoms with Crippen LogP contribution >= 0.6 is 0 Å². The third-order valence-corrected chi connectivity index (χ3v) is 9.59. The predicted octanol–water partition coefficient (Wildman–Crippen LogP) is 12.1. The maximum Gasteiger partial charge on any atom is 0.101 e. The van der Waals surface area contributed by atoms with Crippen molar-refractivity contribution in [1.29, 1.82) is 10.5 Å². The summed E-state index contributed by atoms with van der Waals surface area (Å²) >= 11 is 0. The first-order valence-electron chi connectivity index (χ1n) is 16.8. The molecule has 0 bridgehead atoms. The molecule has 0 radical (unpaired) electrons. The molecule has 3 nitrogen and oxygen atoms in total. The highest BCUT2D eigenvalue weighted by atomic mass is 15.0. The Balaban J connectivity index is 1.66. The average Bonchev–Trinajstić information content (AvgIpc) is 3.43. The van der Waals surface area contributed by atoms with E-state index in [0.717, 1.165) is 50.1 Å². The van der Waals surface area contributed by atoms with Crippen LogP contribution in [0.1, 0.15) is 63.8 Å². The minimum Gasteiger partial charge on any atom is -0.308 e. The van der Waals surface area contributed by atoms with Crippen molar-refractivity contribution in [2.24, 2.45) is 0 Å². The Morgan fingerprint density at radius 3 is 1.35 bits per heavy atom. The number of hydrogen-bond donors (Lipinski definition) is 0. The molecule has 0 N–H and O–H groups in total. The molecule has 3 heteroatoms. The summed E-state index contributed by atoms with van der Waals surface area (Å²) in [6.07, 6.45) is 0. The van der Waals surface area contributed by atoms with Gasteiger partial charge in [0.05, 0.1) is 27.8 Å². The van der Waals surface area contributed by atoms with E-state index < -0.39 is 0 Å². The number of benzene rings is 6. The Kier molecular flexibility index (Phi) is 7.74. The summed E-state index contributed by atoms with van der Waals surface area (Å²) in [6.45, 7) is 13.6. The van der Waals surface area contributed by atoms with Crippen LogP contribution < -0.4 is 0 Å². The molecule has 238 valence electrons. The molecule has 0 aliphatic carbocycles. The Morgan fingerprint density at radius 2 is 0.918 bits per heavy atom. The second-order valence-corrected chi connectivity index (χ2v) is 14.9. The first kappa shape index (κ1) is 31.7. The molecule has 0 aliphatic rings. The summed E-state index contributed by atoms with van der Waals surface area (Å²) in [5.41, 5.74) is 13.0. The molecule has 0 unspecified atom stereocenters. The van der Waals surface area contributed by atoms with E-state index in [1.54, 1.807) is 6.07 Å². The van der Waals surface area contributed by atoms with Crippen molar-refractivity contribution in [3.63, 3.8) is 0 Å². The van der Waals surface area contributed by atoms with Gasteiger partial charge < -0.3 is 4.57 Å². The Bertz CT molecular complexity index is 2320. The number of nitriles is 2. The second kappa shape index (κ2) is 12.0. The van der Waals surface area contributed by atoms with Crippen molar-refractivity contribution in [2.75, 3.05) is 0 Å².